The summed E-state index contributed by atoms with van der Waals surface area (Å²) in [6, 6.07) is 6.93. The Morgan fingerprint density at radius 1 is 1.38 bits per heavy atom. The Balaban J connectivity index is 2.32. The molecule has 1 fully saturated rings. The highest BCUT2D eigenvalue weighted by Gasteiger charge is 2.24. The van der Waals surface area contributed by atoms with E-state index in [4.69, 9.17) is 0 Å². The standard InChI is InChI=1S/C10H9BrN2/c11-8-2-1-3-9-10(8)12-6-13(9)7-4-5-7/h1-3,6-7H,4-5H2. The van der Waals surface area contributed by atoms with E-state index >= 15 is 0 Å². The SMILES string of the molecule is Brc1cccc2c1ncn2C1CC1. The van der Waals surface area contributed by atoms with Gasteiger partial charge in [0.2, 0.25) is 0 Å². The van der Waals surface area contributed by atoms with E-state index in [2.05, 4.69) is 37.6 Å². The van der Waals surface area contributed by atoms with Crippen LogP contribution in [-0.2, 0) is 0 Å². The van der Waals surface area contributed by atoms with Crippen molar-refractivity contribution < 1.29 is 0 Å². The van der Waals surface area contributed by atoms with Crippen molar-refractivity contribution in [1.82, 2.24) is 9.55 Å². The zero-order chi connectivity index (χ0) is 8.84. The van der Waals surface area contributed by atoms with Crippen LogP contribution in [0.4, 0.5) is 0 Å². The highest BCUT2D eigenvalue weighted by molar-refractivity contribution is 9.10. The minimum atomic E-state index is 0.708. The summed E-state index contributed by atoms with van der Waals surface area (Å²) in [5.74, 6) is 0. The van der Waals surface area contributed by atoms with Crippen molar-refractivity contribution in [2.45, 2.75) is 18.9 Å². The van der Waals surface area contributed by atoms with Gasteiger partial charge < -0.3 is 4.57 Å². The maximum atomic E-state index is 4.40. The Labute approximate surface area is 84.7 Å². The van der Waals surface area contributed by atoms with Gasteiger partial charge in [-0.2, -0.15) is 0 Å². The van der Waals surface area contributed by atoms with Crippen molar-refractivity contribution in [3.63, 3.8) is 0 Å². The lowest BCUT2D eigenvalue weighted by Crippen LogP contribution is -1.89. The summed E-state index contributed by atoms with van der Waals surface area (Å²) in [6.45, 7) is 0. The van der Waals surface area contributed by atoms with Crippen molar-refractivity contribution in [2.75, 3.05) is 0 Å². The van der Waals surface area contributed by atoms with Gasteiger partial charge in [0.25, 0.3) is 0 Å². The fraction of sp³-hybridized carbons (Fsp3) is 0.300. The summed E-state index contributed by atoms with van der Waals surface area (Å²) in [6.07, 6.45) is 4.56. The fourth-order valence-corrected chi connectivity index (χ4v) is 2.12. The molecule has 0 radical (unpaired) electrons. The van der Waals surface area contributed by atoms with Crippen molar-refractivity contribution in [1.29, 1.82) is 0 Å². The number of aromatic nitrogens is 2. The summed E-state index contributed by atoms with van der Waals surface area (Å²) >= 11 is 3.50. The van der Waals surface area contributed by atoms with Crippen LogP contribution >= 0.6 is 15.9 Å². The minimum absolute atomic E-state index is 0.708. The van der Waals surface area contributed by atoms with Gasteiger partial charge in [0, 0.05) is 10.5 Å². The lowest BCUT2D eigenvalue weighted by Gasteiger charge is -1.99. The lowest BCUT2D eigenvalue weighted by atomic mass is 10.3. The molecule has 2 nitrogen and oxygen atoms in total. The molecule has 13 heavy (non-hydrogen) atoms. The maximum Gasteiger partial charge on any atom is 0.103 e. The van der Waals surface area contributed by atoms with E-state index in [9.17, 15) is 0 Å². The highest BCUT2D eigenvalue weighted by atomic mass is 79.9. The first kappa shape index (κ1) is 7.56. The zero-order valence-electron chi connectivity index (χ0n) is 7.07. The number of fused-ring (bicyclic) bond motifs is 1. The monoisotopic (exact) mass is 236 g/mol. The normalized spacial score (nSPS) is 16.7. The second kappa shape index (κ2) is 2.58. The average Bonchev–Trinajstić information content (AvgIpc) is 2.87. The average molecular weight is 237 g/mol. The molecule has 0 bridgehead atoms. The van der Waals surface area contributed by atoms with Gasteiger partial charge in [0.15, 0.2) is 0 Å². The molecule has 0 spiro atoms. The van der Waals surface area contributed by atoms with Gasteiger partial charge in [-0.05, 0) is 40.9 Å². The fourth-order valence-electron chi connectivity index (χ4n) is 1.67. The summed E-state index contributed by atoms with van der Waals surface area (Å²) in [5.41, 5.74) is 2.33. The Kier molecular flexibility index (Phi) is 1.50. The second-order valence-electron chi connectivity index (χ2n) is 3.49. The van der Waals surface area contributed by atoms with Crippen molar-refractivity contribution in [2.24, 2.45) is 0 Å². The van der Waals surface area contributed by atoms with E-state index in [1.54, 1.807) is 0 Å². The van der Waals surface area contributed by atoms with Gasteiger partial charge in [-0.3, -0.25) is 0 Å². The van der Waals surface area contributed by atoms with Gasteiger partial charge >= 0.3 is 0 Å². The van der Waals surface area contributed by atoms with Gasteiger partial charge in [-0.25, -0.2) is 4.98 Å². The van der Waals surface area contributed by atoms with Crippen molar-refractivity contribution >= 4 is 27.0 Å². The van der Waals surface area contributed by atoms with Crippen LogP contribution in [0, 0.1) is 0 Å². The first-order chi connectivity index (χ1) is 6.36. The number of para-hydroxylation sites is 1. The predicted molar refractivity (Wildman–Crippen MR) is 55.7 cm³/mol. The minimum Gasteiger partial charge on any atom is -0.327 e. The molecule has 0 N–H and O–H groups in total. The van der Waals surface area contributed by atoms with Crippen LogP contribution in [0.1, 0.15) is 18.9 Å². The van der Waals surface area contributed by atoms with Crippen LogP contribution in [0.3, 0.4) is 0 Å². The van der Waals surface area contributed by atoms with E-state index in [0.717, 1.165) is 9.99 Å². The van der Waals surface area contributed by atoms with Crippen LogP contribution in [0.2, 0.25) is 0 Å². The molecule has 1 aromatic heterocycles. The second-order valence-corrected chi connectivity index (χ2v) is 4.34. The quantitative estimate of drug-likeness (QED) is 0.744. The third-order valence-electron chi connectivity index (χ3n) is 2.50. The van der Waals surface area contributed by atoms with E-state index in [-0.39, 0.29) is 0 Å². The van der Waals surface area contributed by atoms with Gasteiger partial charge in [0.05, 0.1) is 11.8 Å². The molecule has 1 saturated carbocycles. The first-order valence-electron chi connectivity index (χ1n) is 4.47. The Morgan fingerprint density at radius 2 is 2.23 bits per heavy atom. The molecular formula is C10H9BrN2. The number of halogens is 1. The van der Waals surface area contributed by atoms with E-state index in [1.807, 2.05) is 12.4 Å². The molecule has 66 valence electrons. The Hall–Kier alpha value is -0.830. The van der Waals surface area contributed by atoms with E-state index in [1.165, 1.54) is 18.4 Å². The number of hydrogen-bond acceptors (Lipinski definition) is 1. The highest BCUT2D eigenvalue weighted by Crippen LogP contribution is 2.37. The van der Waals surface area contributed by atoms with Crippen molar-refractivity contribution in [3.8, 4) is 0 Å². The number of nitrogens with zero attached hydrogens (tertiary/aromatic N) is 2. The molecular weight excluding hydrogens is 228 g/mol. The van der Waals surface area contributed by atoms with Crippen molar-refractivity contribution in [3.05, 3.63) is 29.0 Å². The molecule has 3 heteroatoms. The Bertz CT molecular complexity index is 457. The summed E-state index contributed by atoms with van der Waals surface area (Å²) in [5, 5.41) is 0. The largest absolute Gasteiger partial charge is 0.327 e. The van der Waals surface area contributed by atoms with Gasteiger partial charge in [0.1, 0.15) is 5.52 Å². The van der Waals surface area contributed by atoms with Crippen LogP contribution in [0.5, 0.6) is 0 Å². The molecule has 2 aromatic rings. The molecule has 0 saturated heterocycles. The molecule has 0 aliphatic heterocycles. The third-order valence-corrected chi connectivity index (χ3v) is 3.14. The number of imidazole rings is 1. The molecule has 1 aliphatic rings. The van der Waals surface area contributed by atoms with Gasteiger partial charge in [-0.1, -0.05) is 6.07 Å². The summed E-state index contributed by atoms with van der Waals surface area (Å²) < 4.78 is 3.37. The predicted octanol–water partition coefficient (Wildman–Crippen LogP) is 3.13. The first-order valence-corrected chi connectivity index (χ1v) is 5.26. The topological polar surface area (TPSA) is 17.8 Å². The lowest BCUT2D eigenvalue weighted by molar-refractivity contribution is 0.766. The van der Waals surface area contributed by atoms with E-state index < -0.39 is 0 Å². The zero-order valence-corrected chi connectivity index (χ0v) is 8.66. The number of benzene rings is 1. The summed E-state index contributed by atoms with van der Waals surface area (Å²) in [4.78, 5) is 4.40. The molecule has 1 heterocycles. The maximum absolute atomic E-state index is 4.40. The number of hydrogen-bond donors (Lipinski definition) is 0. The molecule has 0 atom stereocenters. The third kappa shape index (κ3) is 1.10. The number of rotatable bonds is 1. The van der Waals surface area contributed by atoms with Crippen LogP contribution in [0.25, 0.3) is 11.0 Å². The summed E-state index contributed by atoms with van der Waals surface area (Å²) in [7, 11) is 0. The van der Waals surface area contributed by atoms with E-state index in [0.29, 0.717) is 6.04 Å². The Morgan fingerprint density at radius 3 is 3.00 bits per heavy atom. The van der Waals surface area contributed by atoms with Crippen LogP contribution in [0.15, 0.2) is 29.0 Å². The van der Waals surface area contributed by atoms with Gasteiger partial charge in [-0.15, -0.1) is 0 Å². The molecule has 1 aliphatic carbocycles. The molecule has 1 aromatic carbocycles. The molecule has 0 amide bonds. The van der Waals surface area contributed by atoms with Crippen LogP contribution in [-0.4, -0.2) is 9.55 Å². The molecule has 0 unspecified atom stereocenters. The smallest absolute Gasteiger partial charge is 0.103 e. The van der Waals surface area contributed by atoms with Crippen LogP contribution < -0.4 is 0 Å². The molecule has 3 rings (SSSR count).